The minimum Gasteiger partial charge on any atom is -0.267 e. The molecule has 4 aromatic rings. The van der Waals surface area contributed by atoms with E-state index in [1.165, 1.54) is 40.7 Å². The molecule has 36 heavy (non-hydrogen) atoms. The molecule has 7 nitrogen and oxygen atoms in total. The van der Waals surface area contributed by atoms with Crippen LogP contribution in [0.1, 0.15) is 34.3 Å². The monoisotopic (exact) mass is 522 g/mol. The Morgan fingerprint density at radius 2 is 1.75 bits per heavy atom. The highest BCUT2D eigenvalue weighted by Gasteiger charge is 2.28. The zero-order valence-electron chi connectivity index (χ0n) is 19.5. The van der Waals surface area contributed by atoms with Gasteiger partial charge in [-0.15, -0.1) is 0 Å². The van der Waals surface area contributed by atoms with Crippen LogP contribution in [0.4, 0.5) is 9.52 Å². The first-order chi connectivity index (χ1) is 17.3. The van der Waals surface area contributed by atoms with Crippen molar-refractivity contribution in [1.29, 1.82) is 0 Å². The van der Waals surface area contributed by atoms with E-state index in [4.69, 9.17) is 0 Å². The van der Waals surface area contributed by atoms with Crippen molar-refractivity contribution in [3.8, 4) is 0 Å². The molecule has 2 heterocycles. The Morgan fingerprint density at radius 1 is 1.06 bits per heavy atom. The summed E-state index contributed by atoms with van der Waals surface area (Å²) in [6.07, 6.45) is 3.24. The first-order valence-corrected chi connectivity index (χ1v) is 13.7. The van der Waals surface area contributed by atoms with Gasteiger partial charge in [0, 0.05) is 18.7 Å². The van der Waals surface area contributed by atoms with Crippen LogP contribution < -0.4 is 5.01 Å². The highest BCUT2D eigenvalue weighted by molar-refractivity contribution is 7.89. The van der Waals surface area contributed by atoms with Crippen molar-refractivity contribution in [1.82, 2.24) is 9.29 Å². The minimum atomic E-state index is -3.59. The number of fused-ring (bicyclic) bond motifs is 1. The van der Waals surface area contributed by atoms with E-state index in [1.54, 1.807) is 12.3 Å². The first-order valence-electron chi connectivity index (χ1n) is 11.4. The third-order valence-corrected chi connectivity index (χ3v) is 8.82. The highest BCUT2D eigenvalue weighted by atomic mass is 32.2. The lowest BCUT2D eigenvalue weighted by molar-refractivity contribution is 0.0987. The molecule has 0 radical (unpaired) electrons. The fraction of sp³-hybridized carbons (Fsp3) is 0.192. The summed E-state index contributed by atoms with van der Waals surface area (Å²) in [5.74, 6) is -0.878. The molecule has 1 amide bonds. The molecular formula is C26H23FN4O3S2. The van der Waals surface area contributed by atoms with Crippen LogP contribution in [0.5, 0.6) is 0 Å². The molecule has 1 aliphatic rings. The van der Waals surface area contributed by atoms with E-state index >= 15 is 0 Å². The van der Waals surface area contributed by atoms with Crippen LogP contribution in [0.15, 0.2) is 76.7 Å². The summed E-state index contributed by atoms with van der Waals surface area (Å²) in [4.78, 5) is 18.1. The Balaban J connectivity index is 1.49. The number of amides is 1. The fourth-order valence-electron chi connectivity index (χ4n) is 3.91. The normalized spacial score (nSPS) is 14.6. The molecule has 0 aliphatic carbocycles. The third kappa shape index (κ3) is 4.92. The predicted molar refractivity (Wildman–Crippen MR) is 140 cm³/mol. The molecular weight excluding hydrogens is 499 g/mol. The average Bonchev–Trinajstić information content (AvgIpc) is 3.56. The average molecular weight is 523 g/mol. The Labute approximate surface area is 212 Å². The number of sulfonamides is 1. The second-order valence-corrected chi connectivity index (χ2v) is 11.5. The van der Waals surface area contributed by atoms with Gasteiger partial charge in [0.25, 0.3) is 5.91 Å². The van der Waals surface area contributed by atoms with Crippen LogP contribution in [-0.2, 0) is 10.0 Å². The van der Waals surface area contributed by atoms with Crippen molar-refractivity contribution in [3.63, 3.8) is 0 Å². The van der Waals surface area contributed by atoms with Gasteiger partial charge in [-0.1, -0.05) is 41.2 Å². The van der Waals surface area contributed by atoms with Gasteiger partial charge in [-0.2, -0.15) is 14.4 Å². The number of aromatic nitrogens is 1. The Kier molecular flexibility index (Phi) is 6.65. The summed E-state index contributed by atoms with van der Waals surface area (Å²) in [6, 6.07) is 17.7. The van der Waals surface area contributed by atoms with Crippen LogP contribution >= 0.6 is 11.3 Å². The number of thiazole rings is 1. The Morgan fingerprint density at radius 3 is 2.44 bits per heavy atom. The standard InChI is InChI=1S/C26H23FN4O3S2/c1-18-4-6-19(7-5-18)17-28-31(26-29-23-13-10-21(27)16-24(23)35-26)25(32)20-8-11-22(12-9-20)36(33,34)30-14-2-3-15-30/h4-13,16-17H,2-3,14-15H2,1H3/b28-17+. The number of nitrogens with zero attached hydrogens (tertiary/aromatic N) is 4. The van der Waals surface area contributed by atoms with Gasteiger partial charge < -0.3 is 0 Å². The summed E-state index contributed by atoms with van der Waals surface area (Å²) < 4.78 is 41.5. The van der Waals surface area contributed by atoms with Gasteiger partial charge in [0.15, 0.2) is 0 Å². The molecule has 0 spiro atoms. The summed E-state index contributed by atoms with van der Waals surface area (Å²) >= 11 is 1.14. The molecule has 0 N–H and O–H groups in total. The van der Waals surface area contributed by atoms with Crippen molar-refractivity contribution in [2.45, 2.75) is 24.7 Å². The number of rotatable bonds is 6. The molecule has 10 heteroatoms. The number of hydrogen-bond donors (Lipinski definition) is 0. The first kappa shape index (κ1) is 24.2. The van der Waals surface area contributed by atoms with Crippen LogP contribution in [0.25, 0.3) is 10.2 Å². The number of halogens is 1. The fourth-order valence-corrected chi connectivity index (χ4v) is 6.38. The maximum atomic E-state index is 13.7. The topological polar surface area (TPSA) is 82.9 Å². The van der Waals surface area contributed by atoms with Gasteiger partial charge in [0.2, 0.25) is 15.2 Å². The molecule has 1 fully saturated rings. The molecule has 0 unspecified atom stereocenters. The van der Waals surface area contributed by atoms with Gasteiger partial charge in [-0.3, -0.25) is 4.79 Å². The SMILES string of the molecule is Cc1ccc(/C=N/N(C(=O)c2ccc(S(=O)(=O)N3CCCC3)cc2)c2nc3ccc(F)cc3s2)cc1. The predicted octanol–water partition coefficient (Wildman–Crippen LogP) is 5.21. The number of aryl methyl sites for hydroxylation is 1. The van der Waals surface area contributed by atoms with Crippen molar-refractivity contribution < 1.29 is 17.6 Å². The third-order valence-electron chi connectivity index (χ3n) is 5.92. The molecule has 0 saturated carbocycles. The summed E-state index contributed by atoms with van der Waals surface area (Å²) in [7, 11) is -3.59. The zero-order chi connectivity index (χ0) is 25.3. The van der Waals surface area contributed by atoms with Crippen molar-refractivity contribution in [2.75, 3.05) is 18.1 Å². The molecule has 1 aromatic heterocycles. The van der Waals surface area contributed by atoms with Gasteiger partial charge in [-0.05, 0) is 67.8 Å². The van der Waals surface area contributed by atoms with Crippen LogP contribution in [0.2, 0.25) is 0 Å². The van der Waals surface area contributed by atoms with E-state index in [9.17, 15) is 17.6 Å². The molecule has 3 aromatic carbocycles. The quantitative estimate of drug-likeness (QED) is 0.257. The van der Waals surface area contributed by atoms with Gasteiger partial charge in [0.05, 0.1) is 21.3 Å². The smallest absolute Gasteiger partial charge is 0.267 e. The molecule has 0 bridgehead atoms. The minimum absolute atomic E-state index is 0.145. The highest BCUT2D eigenvalue weighted by Crippen LogP contribution is 2.31. The van der Waals surface area contributed by atoms with Gasteiger partial charge in [-0.25, -0.2) is 17.8 Å². The van der Waals surface area contributed by atoms with Crippen LogP contribution in [0.3, 0.4) is 0 Å². The van der Waals surface area contributed by atoms with Gasteiger partial charge >= 0.3 is 0 Å². The van der Waals surface area contributed by atoms with E-state index in [2.05, 4.69) is 10.1 Å². The number of anilines is 1. The number of benzene rings is 3. The van der Waals surface area contributed by atoms with E-state index in [1.807, 2.05) is 31.2 Å². The largest absolute Gasteiger partial charge is 0.280 e. The van der Waals surface area contributed by atoms with E-state index in [0.29, 0.717) is 23.3 Å². The second kappa shape index (κ2) is 9.88. The summed E-state index contributed by atoms with van der Waals surface area (Å²) in [5.41, 5.74) is 2.68. The molecule has 1 aliphatic heterocycles. The second-order valence-electron chi connectivity index (χ2n) is 8.52. The number of hydrazone groups is 1. The van der Waals surface area contributed by atoms with Crippen molar-refractivity contribution in [3.05, 3.63) is 89.2 Å². The lowest BCUT2D eigenvalue weighted by Crippen LogP contribution is -2.28. The number of hydrogen-bond acceptors (Lipinski definition) is 6. The zero-order valence-corrected chi connectivity index (χ0v) is 21.1. The van der Waals surface area contributed by atoms with E-state index in [-0.39, 0.29) is 15.6 Å². The lowest BCUT2D eigenvalue weighted by atomic mass is 10.2. The summed E-state index contributed by atoms with van der Waals surface area (Å²) in [5, 5.41) is 5.84. The van der Waals surface area contributed by atoms with Crippen molar-refractivity contribution in [2.24, 2.45) is 5.10 Å². The van der Waals surface area contributed by atoms with Crippen LogP contribution in [0, 0.1) is 12.7 Å². The maximum Gasteiger partial charge on any atom is 0.280 e. The number of carbonyl (C=O) groups excluding carboxylic acids is 1. The van der Waals surface area contributed by atoms with E-state index in [0.717, 1.165) is 40.3 Å². The molecule has 1 saturated heterocycles. The number of carbonyl (C=O) groups is 1. The molecule has 5 rings (SSSR count). The van der Waals surface area contributed by atoms with E-state index < -0.39 is 21.7 Å². The van der Waals surface area contributed by atoms with Gasteiger partial charge in [0.1, 0.15) is 5.82 Å². The Bertz CT molecular complexity index is 1540. The van der Waals surface area contributed by atoms with Crippen LogP contribution in [-0.4, -0.2) is 42.9 Å². The molecule has 184 valence electrons. The van der Waals surface area contributed by atoms with Crippen molar-refractivity contribution >= 4 is 48.8 Å². The summed E-state index contributed by atoms with van der Waals surface area (Å²) in [6.45, 7) is 2.98. The lowest BCUT2D eigenvalue weighted by Gasteiger charge is -2.16. The Hall–Kier alpha value is -3.47. The maximum absolute atomic E-state index is 13.7. The molecule has 0 atom stereocenters.